The van der Waals surface area contributed by atoms with Gasteiger partial charge in [-0.1, -0.05) is 35.8 Å². The van der Waals surface area contributed by atoms with Crippen molar-refractivity contribution in [2.45, 2.75) is 37.8 Å². The summed E-state index contributed by atoms with van der Waals surface area (Å²) in [6.45, 7) is -4.28. The Bertz CT molecular complexity index is 1580. The number of hydrogen-bond donors (Lipinski definition) is 2. The summed E-state index contributed by atoms with van der Waals surface area (Å²) in [6, 6.07) is -9.28. The quantitative estimate of drug-likeness (QED) is 0.655. The van der Waals surface area contributed by atoms with Gasteiger partial charge in [0.2, 0.25) is 11.8 Å². The standard InChI is InChI=1S/C22H18ClF2N3O4/c23-15-4-2-14(3-5-15)22(24,25)21(32)26-10-12-1-6-16-13(9-12)11-28(20(16)31)17-7-8-18(29)27-19(17)30/h1-6,9,17H,7-8,10-11H2,(H,26,32)(H,27,29,30)/i1D,2D,3D,4D,5D,6D,9D,11D2/hD. The molecule has 0 aliphatic carbocycles. The highest BCUT2D eigenvalue weighted by Gasteiger charge is 2.41. The van der Waals surface area contributed by atoms with E-state index in [-0.39, 0.29) is 12.8 Å². The third kappa shape index (κ3) is 4.08. The number of hydrogen-bond acceptors (Lipinski definition) is 4. The fourth-order valence-electron chi connectivity index (χ4n) is 3.02. The predicted molar refractivity (Wildman–Crippen MR) is 110 cm³/mol. The van der Waals surface area contributed by atoms with Gasteiger partial charge in [0.25, 0.3) is 11.8 Å². The molecule has 2 aromatic rings. The summed E-state index contributed by atoms with van der Waals surface area (Å²) >= 11 is 5.62. The molecule has 1 atom stereocenters. The van der Waals surface area contributed by atoms with Crippen molar-refractivity contribution in [1.29, 1.82) is 0 Å². The minimum Gasteiger partial charge on any atom is -0.346 e. The molecule has 2 N–H and O–H groups in total. The van der Waals surface area contributed by atoms with Gasteiger partial charge in [-0.05, 0) is 35.7 Å². The summed E-state index contributed by atoms with van der Waals surface area (Å²) in [6.07, 6.45) is -0.528. The van der Waals surface area contributed by atoms with Crippen LogP contribution in [0.25, 0.3) is 0 Å². The van der Waals surface area contributed by atoms with Crippen LogP contribution in [0.3, 0.4) is 0 Å². The van der Waals surface area contributed by atoms with Gasteiger partial charge in [-0.15, -0.1) is 0 Å². The molecule has 0 saturated carbocycles. The molecule has 1 fully saturated rings. The number of piperidine rings is 1. The van der Waals surface area contributed by atoms with Crippen LogP contribution in [-0.2, 0) is 33.3 Å². The van der Waals surface area contributed by atoms with Crippen molar-refractivity contribution in [3.63, 3.8) is 0 Å². The lowest BCUT2D eigenvalue weighted by Gasteiger charge is -2.29. The second-order valence-corrected chi connectivity index (χ2v) is 7.12. The Hall–Kier alpha value is -3.33. The van der Waals surface area contributed by atoms with Crippen LogP contribution in [0.2, 0.25) is 6.43 Å². The van der Waals surface area contributed by atoms with E-state index in [4.69, 9.17) is 25.3 Å². The summed E-state index contributed by atoms with van der Waals surface area (Å²) in [7, 11) is 0. The van der Waals surface area contributed by atoms with E-state index in [1.807, 2.05) is 5.32 Å². The second-order valence-electron chi connectivity index (χ2n) is 6.74. The lowest BCUT2D eigenvalue weighted by Crippen LogP contribution is -2.52. The maximum Gasteiger partial charge on any atom is 0.349 e. The average molecular weight is 472 g/mol. The summed E-state index contributed by atoms with van der Waals surface area (Å²) in [5.41, 5.74) is -4.03. The van der Waals surface area contributed by atoms with E-state index in [0.29, 0.717) is 4.90 Å². The molecule has 2 aromatic carbocycles. The predicted octanol–water partition coefficient (Wildman–Crippen LogP) is 2.51. The third-order valence-electron chi connectivity index (χ3n) is 4.61. The summed E-state index contributed by atoms with van der Waals surface area (Å²) in [5, 5.41) is 0.721. The molecule has 7 nitrogen and oxygen atoms in total. The minimum atomic E-state index is -4.84. The van der Waals surface area contributed by atoms with E-state index in [9.17, 15) is 19.2 Å². The first-order valence-corrected chi connectivity index (χ1v) is 9.41. The Kier molecular flexibility index (Phi) is 3.28. The number of halogens is 3. The van der Waals surface area contributed by atoms with Crippen molar-refractivity contribution in [3.05, 3.63) is 69.6 Å². The van der Waals surface area contributed by atoms with Crippen molar-refractivity contribution in [2.24, 2.45) is 0 Å². The van der Waals surface area contributed by atoms with Crippen molar-refractivity contribution in [1.82, 2.24) is 15.5 Å². The number of nitrogens with zero attached hydrogens (tertiary/aromatic N) is 1. The average Bonchev–Trinajstić information content (AvgIpc) is 3.11. The summed E-state index contributed by atoms with van der Waals surface area (Å²) in [4.78, 5) is 50.3. The molecule has 4 amide bonds. The molecule has 2 heterocycles. The number of carbonyl (C=O) groups is 4. The van der Waals surface area contributed by atoms with E-state index in [0.717, 1.165) is 0 Å². The molecular weight excluding hydrogens is 444 g/mol. The lowest BCUT2D eigenvalue weighted by molar-refractivity contribution is -0.147. The molecule has 0 aromatic heterocycles. The largest absolute Gasteiger partial charge is 0.349 e. The van der Waals surface area contributed by atoms with Gasteiger partial charge >= 0.3 is 5.92 Å². The van der Waals surface area contributed by atoms with Gasteiger partial charge in [-0.2, -0.15) is 8.78 Å². The Morgan fingerprint density at radius 2 is 2.00 bits per heavy atom. The van der Waals surface area contributed by atoms with Crippen LogP contribution in [-0.4, -0.2) is 34.6 Å². The van der Waals surface area contributed by atoms with Crippen LogP contribution < -0.4 is 10.6 Å². The van der Waals surface area contributed by atoms with Crippen molar-refractivity contribution in [2.75, 3.05) is 0 Å². The summed E-state index contributed by atoms with van der Waals surface area (Å²) in [5.74, 6) is -10.2. The number of alkyl halides is 2. The molecule has 1 unspecified atom stereocenters. The van der Waals surface area contributed by atoms with E-state index >= 15 is 8.78 Å². The molecule has 10 heteroatoms. The SMILES string of the molecule is [2H]c1c([2H])c(C(F)(F)C(=O)N([2H])Cc2c([2H])c([2H])c3c(c2[2H])C([2H])([2H])N(C2CCC(=O)NC2=O)C3=O)c([2H])c([2H])c1Cl. The number of carbonyl (C=O) groups excluding carboxylic acids is 4. The molecule has 32 heavy (non-hydrogen) atoms. The number of nitrogens with one attached hydrogen (secondary N) is 2. The van der Waals surface area contributed by atoms with Crippen molar-refractivity contribution < 1.29 is 41.7 Å². The number of amides is 4. The number of rotatable bonds is 5. The van der Waals surface area contributed by atoms with Gasteiger partial charge in [0.05, 0.1) is 12.3 Å². The second kappa shape index (κ2) is 8.31. The van der Waals surface area contributed by atoms with Gasteiger partial charge in [0.15, 0.2) is 1.41 Å². The van der Waals surface area contributed by atoms with Crippen LogP contribution in [0.1, 0.15) is 52.2 Å². The van der Waals surface area contributed by atoms with E-state index in [1.54, 1.807) is 0 Å². The highest BCUT2D eigenvalue weighted by molar-refractivity contribution is 6.30. The first kappa shape index (κ1) is 12.6. The Morgan fingerprint density at radius 1 is 1.28 bits per heavy atom. The van der Waals surface area contributed by atoms with Gasteiger partial charge in [0, 0.05) is 35.6 Å². The molecule has 0 spiro atoms. The number of fused-ring (bicyclic) bond motifs is 1. The number of benzene rings is 2. The maximum absolute atomic E-state index is 15.2. The van der Waals surface area contributed by atoms with Crippen LogP contribution >= 0.6 is 11.6 Å². The smallest absolute Gasteiger partial charge is 0.346 e. The molecule has 0 radical (unpaired) electrons. The normalized spacial score (nSPS) is 24.4. The monoisotopic (exact) mass is 471 g/mol. The molecular formula is C22H18ClF2N3O4. The van der Waals surface area contributed by atoms with E-state index < -0.39 is 124 Å². The zero-order valence-electron chi connectivity index (χ0n) is 25.9. The minimum absolute atomic E-state index is 0.246. The molecule has 2 aliphatic heterocycles. The zero-order chi connectivity index (χ0) is 31.8. The molecule has 1 saturated heterocycles. The Morgan fingerprint density at radius 3 is 2.69 bits per heavy atom. The van der Waals surface area contributed by atoms with Crippen LogP contribution in [0.15, 0.2) is 42.3 Å². The van der Waals surface area contributed by atoms with Gasteiger partial charge in [-0.3, -0.25) is 24.5 Å². The first-order valence-electron chi connectivity index (χ1n) is 14.0. The first-order chi connectivity index (χ1) is 19.3. The van der Waals surface area contributed by atoms with E-state index in [2.05, 4.69) is 0 Å². The third-order valence-corrected chi connectivity index (χ3v) is 4.80. The Labute approximate surface area is 200 Å². The zero-order valence-corrected chi connectivity index (χ0v) is 16.6. The molecule has 4 rings (SSSR count). The highest BCUT2D eigenvalue weighted by Crippen LogP contribution is 2.30. The topological polar surface area (TPSA) is 95.6 Å². The fourth-order valence-corrected chi connectivity index (χ4v) is 3.11. The van der Waals surface area contributed by atoms with Crippen LogP contribution in [0.5, 0.6) is 0 Å². The maximum atomic E-state index is 15.2. The van der Waals surface area contributed by atoms with Crippen molar-refractivity contribution >= 4 is 35.2 Å². The number of imide groups is 1. The van der Waals surface area contributed by atoms with Crippen LogP contribution in [0.4, 0.5) is 8.78 Å². The van der Waals surface area contributed by atoms with Crippen molar-refractivity contribution in [3.8, 4) is 0 Å². The lowest BCUT2D eigenvalue weighted by atomic mass is 10.0. The Balaban J connectivity index is 1.75. The van der Waals surface area contributed by atoms with E-state index in [1.165, 1.54) is 0 Å². The van der Waals surface area contributed by atoms with Gasteiger partial charge in [-0.25, -0.2) is 0 Å². The van der Waals surface area contributed by atoms with Gasteiger partial charge < -0.3 is 10.2 Å². The van der Waals surface area contributed by atoms with Crippen LogP contribution in [0, 0.1) is 0 Å². The molecule has 2 aliphatic rings. The van der Waals surface area contributed by atoms with Gasteiger partial charge in [0.1, 0.15) is 6.04 Å². The molecule has 166 valence electrons. The fraction of sp³-hybridized carbons (Fsp3) is 0.273. The highest BCUT2D eigenvalue weighted by atomic mass is 35.5. The molecule has 0 bridgehead atoms. The summed E-state index contributed by atoms with van der Waals surface area (Å²) < 4.78 is 111.